The second-order valence-electron chi connectivity index (χ2n) is 6.42. The van der Waals surface area contributed by atoms with Crippen LogP contribution in [0.5, 0.6) is 11.5 Å². The molecule has 0 amide bonds. The number of hydrogen-bond acceptors (Lipinski definition) is 4. The van der Waals surface area contributed by atoms with Crippen molar-refractivity contribution in [2.45, 2.75) is 20.0 Å². The highest BCUT2D eigenvalue weighted by Crippen LogP contribution is 2.26. The van der Waals surface area contributed by atoms with Crippen LogP contribution in [0.4, 0.5) is 5.69 Å². The van der Waals surface area contributed by atoms with Gasteiger partial charge in [-0.15, -0.1) is 0 Å². The summed E-state index contributed by atoms with van der Waals surface area (Å²) in [5, 5.41) is 3.92. The number of nitrogens with zero attached hydrogens (tertiary/aromatic N) is 1. The van der Waals surface area contributed by atoms with Crippen molar-refractivity contribution in [2.24, 2.45) is 0 Å². The molecule has 2 aromatic carbocycles. The van der Waals surface area contributed by atoms with Gasteiger partial charge in [-0.05, 0) is 66.7 Å². The lowest BCUT2D eigenvalue weighted by molar-refractivity contribution is 0.359. The molecular formula is C22H24N2O3S. The molecule has 0 bridgehead atoms. The number of methoxy groups -OCH3 is 2. The molecule has 0 saturated heterocycles. The Morgan fingerprint density at radius 2 is 1.82 bits per heavy atom. The maximum absolute atomic E-state index is 5.72. The minimum atomic E-state index is 0.555. The van der Waals surface area contributed by atoms with Crippen molar-refractivity contribution in [2.75, 3.05) is 19.5 Å². The zero-order chi connectivity index (χ0) is 19.9. The average molecular weight is 397 g/mol. The van der Waals surface area contributed by atoms with Crippen LogP contribution >= 0.6 is 12.2 Å². The largest absolute Gasteiger partial charge is 0.497 e. The first kappa shape index (κ1) is 19.8. The van der Waals surface area contributed by atoms with Gasteiger partial charge in [0.1, 0.15) is 17.3 Å². The van der Waals surface area contributed by atoms with Gasteiger partial charge < -0.3 is 24.1 Å². The standard InChI is InChI=1S/C22H24N2O3S/c1-16-6-11-21(26-3)20(13-16)23-22(28)24(15-19-5-4-12-27-19)14-17-7-9-18(25-2)10-8-17/h4-13H,14-15H2,1-3H3,(H,23,28). The minimum absolute atomic E-state index is 0.555. The molecule has 1 heterocycles. The third-order valence-corrected chi connectivity index (χ3v) is 4.70. The molecule has 0 fully saturated rings. The van der Waals surface area contributed by atoms with E-state index in [2.05, 4.69) is 10.2 Å². The summed E-state index contributed by atoms with van der Waals surface area (Å²) >= 11 is 5.72. The molecule has 6 heteroatoms. The number of rotatable bonds is 7. The molecule has 0 saturated carbocycles. The smallest absolute Gasteiger partial charge is 0.174 e. The Bertz CT molecular complexity index is 908. The van der Waals surface area contributed by atoms with Crippen molar-refractivity contribution < 1.29 is 13.9 Å². The lowest BCUT2D eigenvalue weighted by atomic mass is 10.2. The number of anilines is 1. The number of ether oxygens (including phenoxy) is 2. The van der Waals surface area contributed by atoms with Gasteiger partial charge in [0.2, 0.25) is 0 Å². The van der Waals surface area contributed by atoms with Gasteiger partial charge in [-0.1, -0.05) is 18.2 Å². The molecule has 28 heavy (non-hydrogen) atoms. The zero-order valence-electron chi connectivity index (χ0n) is 16.3. The summed E-state index contributed by atoms with van der Waals surface area (Å²) in [7, 11) is 3.31. The van der Waals surface area contributed by atoms with Gasteiger partial charge >= 0.3 is 0 Å². The molecule has 0 atom stereocenters. The predicted molar refractivity (Wildman–Crippen MR) is 115 cm³/mol. The number of hydrogen-bond donors (Lipinski definition) is 1. The first-order valence-corrected chi connectivity index (χ1v) is 9.35. The normalized spacial score (nSPS) is 10.4. The van der Waals surface area contributed by atoms with Crippen LogP contribution in [0.3, 0.4) is 0 Å². The van der Waals surface area contributed by atoms with Crippen LogP contribution in [0.2, 0.25) is 0 Å². The zero-order valence-corrected chi connectivity index (χ0v) is 17.1. The van der Waals surface area contributed by atoms with Crippen LogP contribution in [-0.2, 0) is 13.1 Å². The number of benzene rings is 2. The Morgan fingerprint density at radius 1 is 1.04 bits per heavy atom. The van der Waals surface area contributed by atoms with Crippen molar-refractivity contribution >= 4 is 23.0 Å². The van der Waals surface area contributed by atoms with Gasteiger partial charge in [0.15, 0.2) is 5.11 Å². The van der Waals surface area contributed by atoms with Crippen LogP contribution in [0.25, 0.3) is 0 Å². The van der Waals surface area contributed by atoms with E-state index in [4.69, 9.17) is 26.1 Å². The summed E-state index contributed by atoms with van der Waals surface area (Å²) in [6.45, 7) is 3.22. The molecule has 5 nitrogen and oxygen atoms in total. The van der Waals surface area contributed by atoms with Crippen LogP contribution in [0.1, 0.15) is 16.9 Å². The van der Waals surface area contributed by atoms with Gasteiger partial charge in [-0.3, -0.25) is 0 Å². The average Bonchev–Trinajstić information content (AvgIpc) is 3.21. The van der Waals surface area contributed by atoms with Gasteiger partial charge in [0.25, 0.3) is 0 Å². The summed E-state index contributed by atoms with van der Waals surface area (Å²) < 4.78 is 16.2. The van der Waals surface area contributed by atoms with E-state index in [9.17, 15) is 0 Å². The Morgan fingerprint density at radius 3 is 2.46 bits per heavy atom. The third kappa shape index (κ3) is 5.04. The van der Waals surface area contributed by atoms with Crippen LogP contribution in [0.15, 0.2) is 65.3 Å². The summed E-state index contributed by atoms with van der Waals surface area (Å²) in [4.78, 5) is 2.05. The fourth-order valence-electron chi connectivity index (χ4n) is 2.86. The molecule has 3 rings (SSSR count). The Kier molecular flexibility index (Phi) is 6.55. The molecule has 146 valence electrons. The molecule has 0 spiro atoms. The number of furan rings is 1. The maximum Gasteiger partial charge on any atom is 0.174 e. The van der Waals surface area contributed by atoms with Crippen molar-refractivity contribution in [1.82, 2.24) is 4.90 Å². The van der Waals surface area contributed by atoms with Crippen LogP contribution in [0, 0.1) is 6.92 Å². The molecule has 1 N–H and O–H groups in total. The van der Waals surface area contributed by atoms with E-state index in [1.165, 1.54) is 0 Å². The summed E-state index contributed by atoms with van der Waals surface area (Å²) in [5.41, 5.74) is 3.08. The highest BCUT2D eigenvalue weighted by molar-refractivity contribution is 7.80. The molecule has 0 aliphatic carbocycles. The SMILES string of the molecule is COc1ccc(CN(Cc2ccco2)C(=S)Nc2cc(C)ccc2OC)cc1. The maximum atomic E-state index is 5.72. The third-order valence-electron chi connectivity index (χ3n) is 4.34. The highest BCUT2D eigenvalue weighted by atomic mass is 32.1. The predicted octanol–water partition coefficient (Wildman–Crippen LogP) is 5.00. The number of nitrogens with one attached hydrogen (secondary N) is 1. The van der Waals surface area contributed by atoms with Crippen molar-refractivity contribution in [3.8, 4) is 11.5 Å². The fourth-order valence-corrected chi connectivity index (χ4v) is 3.09. The van der Waals surface area contributed by atoms with Gasteiger partial charge in [-0.25, -0.2) is 0 Å². The molecule has 0 radical (unpaired) electrons. The second-order valence-corrected chi connectivity index (χ2v) is 6.80. The number of thiocarbonyl (C=S) groups is 1. The molecule has 0 aliphatic heterocycles. The molecule has 3 aromatic rings. The van der Waals surface area contributed by atoms with E-state index < -0.39 is 0 Å². The van der Waals surface area contributed by atoms with E-state index >= 15 is 0 Å². The fraction of sp³-hybridized carbons (Fsp3) is 0.227. The van der Waals surface area contributed by atoms with E-state index in [0.717, 1.165) is 34.1 Å². The van der Waals surface area contributed by atoms with E-state index in [1.54, 1.807) is 20.5 Å². The summed E-state index contributed by atoms with van der Waals surface area (Å²) in [5.74, 6) is 2.41. The second kappa shape index (κ2) is 9.28. The quantitative estimate of drug-likeness (QED) is 0.567. The topological polar surface area (TPSA) is 46.9 Å². The van der Waals surface area contributed by atoms with Gasteiger partial charge in [-0.2, -0.15) is 0 Å². The molecule has 0 aliphatic rings. The highest BCUT2D eigenvalue weighted by Gasteiger charge is 2.15. The molecule has 1 aromatic heterocycles. The number of aryl methyl sites for hydroxylation is 1. The van der Waals surface area contributed by atoms with E-state index in [-0.39, 0.29) is 0 Å². The Labute approximate surface area is 170 Å². The van der Waals surface area contributed by atoms with Crippen LogP contribution in [-0.4, -0.2) is 24.2 Å². The molecular weight excluding hydrogens is 372 g/mol. The monoisotopic (exact) mass is 396 g/mol. The summed E-state index contributed by atoms with van der Waals surface area (Å²) in [6.07, 6.45) is 1.67. The van der Waals surface area contributed by atoms with Crippen molar-refractivity contribution in [1.29, 1.82) is 0 Å². The van der Waals surface area contributed by atoms with Crippen LogP contribution < -0.4 is 14.8 Å². The minimum Gasteiger partial charge on any atom is -0.497 e. The van der Waals surface area contributed by atoms with Crippen molar-refractivity contribution in [3.63, 3.8) is 0 Å². The Balaban J connectivity index is 1.81. The Hall–Kier alpha value is -2.99. The lowest BCUT2D eigenvalue weighted by Gasteiger charge is -2.26. The summed E-state index contributed by atoms with van der Waals surface area (Å²) in [6, 6.07) is 17.7. The lowest BCUT2D eigenvalue weighted by Crippen LogP contribution is -2.33. The van der Waals surface area contributed by atoms with Gasteiger partial charge in [0, 0.05) is 6.54 Å². The first-order valence-electron chi connectivity index (χ1n) is 8.95. The molecule has 0 unspecified atom stereocenters. The first-order chi connectivity index (χ1) is 13.6. The van der Waals surface area contributed by atoms with E-state index in [1.807, 2.05) is 61.5 Å². The van der Waals surface area contributed by atoms with Gasteiger partial charge in [0.05, 0.1) is 32.7 Å². The van der Waals surface area contributed by atoms with Crippen molar-refractivity contribution in [3.05, 3.63) is 77.7 Å². The van der Waals surface area contributed by atoms with E-state index in [0.29, 0.717) is 18.2 Å².